The van der Waals surface area contributed by atoms with Crippen molar-refractivity contribution >= 4 is 29.5 Å². The van der Waals surface area contributed by atoms with Crippen LogP contribution in [0, 0.1) is 22.7 Å². The summed E-state index contributed by atoms with van der Waals surface area (Å²) in [6.07, 6.45) is -2.76. The molecule has 2 aromatic rings. The summed E-state index contributed by atoms with van der Waals surface area (Å²) in [7, 11) is 0. The van der Waals surface area contributed by atoms with Crippen LogP contribution in [0.15, 0.2) is 29.3 Å². The number of carbonyl (C=O) groups is 2. The Bertz CT molecular complexity index is 1250. The smallest absolute Gasteiger partial charge is 0.475 e. The van der Waals surface area contributed by atoms with Crippen molar-refractivity contribution in [1.29, 1.82) is 10.5 Å². The van der Waals surface area contributed by atoms with E-state index < -0.39 is 12.1 Å². The second-order valence-corrected chi connectivity index (χ2v) is 9.65. The van der Waals surface area contributed by atoms with Crippen LogP contribution in [0.3, 0.4) is 0 Å². The number of amides is 1. The van der Waals surface area contributed by atoms with E-state index in [2.05, 4.69) is 22.4 Å². The van der Waals surface area contributed by atoms with Crippen molar-refractivity contribution in [2.75, 3.05) is 18.0 Å². The van der Waals surface area contributed by atoms with E-state index in [-0.39, 0.29) is 11.9 Å². The molecule has 1 aromatic carbocycles. The number of aliphatic carboxylic acids is 1. The molecule has 3 rings (SSSR count). The van der Waals surface area contributed by atoms with Gasteiger partial charge < -0.3 is 21.1 Å². The summed E-state index contributed by atoms with van der Waals surface area (Å²) >= 11 is 1.51. The largest absolute Gasteiger partial charge is 0.490 e. The Hall–Kier alpha value is -3.81. The number of halogens is 3. The van der Waals surface area contributed by atoms with Gasteiger partial charge in [-0.3, -0.25) is 4.79 Å². The highest BCUT2D eigenvalue weighted by molar-refractivity contribution is 7.98. The number of nitrogens with two attached hydrogens (primary N) is 1. The number of nitriles is 2. The third-order valence-corrected chi connectivity index (χ3v) is 6.89. The minimum absolute atomic E-state index is 0.0567. The number of nitrogens with one attached hydrogen (secondary N) is 1. The summed E-state index contributed by atoms with van der Waals surface area (Å²) in [5, 5.41) is 30.3. The number of carbonyl (C=O) groups excluding carboxylic acids is 1. The molecule has 2 heterocycles. The summed E-state index contributed by atoms with van der Waals surface area (Å²) in [5.74, 6) is -1.49. The van der Waals surface area contributed by atoms with E-state index in [0.29, 0.717) is 40.7 Å². The van der Waals surface area contributed by atoms with Crippen molar-refractivity contribution in [3.8, 4) is 12.1 Å². The molecular weight excluding hydrogens is 533 g/mol. The molecule has 0 aliphatic carbocycles. The standard InChI is InChI=1S/C24H28N6OS.C2HF3O2/c1-3-20-21(12-25)23(30-10-8-19(27)9-11-30)29-24(22(20)13-26)32-15-18-6-4-17(5-7-18)14-28-16(2)31;3-2(4,5)1(6)7/h4-7,19H,3,8-11,14-15,27H2,1-2H3,(H,28,31);(H,6,7). The summed E-state index contributed by atoms with van der Waals surface area (Å²) in [5.41, 5.74) is 9.95. The summed E-state index contributed by atoms with van der Waals surface area (Å²) in [6.45, 7) is 5.49. The van der Waals surface area contributed by atoms with Gasteiger partial charge in [0, 0.05) is 38.4 Å². The van der Waals surface area contributed by atoms with Crippen LogP contribution in [-0.2, 0) is 28.3 Å². The van der Waals surface area contributed by atoms with Gasteiger partial charge in [-0.1, -0.05) is 31.2 Å². The Labute approximate surface area is 228 Å². The molecule has 0 unspecified atom stereocenters. The van der Waals surface area contributed by atoms with E-state index >= 15 is 0 Å². The Morgan fingerprint density at radius 2 is 1.69 bits per heavy atom. The van der Waals surface area contributed by atoms with Gasteiger partial charge in [0.25, 0.3) is 0 Å². The van der Waals surface area contributed by atoms with Crippen molar-refractivity contribution in [3.63, 3.8) is 0 Å². The first-order valence-electron chi connectivity index (χ1n) is 12.0. The molecule has 1 fully saturated rings. The minimum Gasteiger partial charge on any atom is -0.475 e. The second kappa shape index (κ2) is 14.4. The van der Waals surface area contributed by atoms with Gasteiger partial charge in [-0.05, 0) is 36.0 Å². The van der Waals surface area contributed by atoms with Crippen molar-refractivity contribution in [2.24, 2.45) is 5.73 Å². The summed E-state index contributed by atoms with van der Waals surface area (Å²) < 4.78 is 31.7. The number of benzene rings is 1. The van der Waals surface area contributed by atoms with Gasteiger partial charge in [-0.25, -0.2) is 9.78 Å². The predicted octanol–water partition coefficient (Wildman–Crippen LogP) is 3.88. The monoisotopic (exact) mass is 562 g/mol. The lowest BCUT2D eigenvalue weighted by Gasteiger charge is -2.32. The van der Waals surface area contributed by atoms with Gasteiger partial charge in [0.2, 0.25) is 5.91 Å². The number of anilines is 1. The normalized spacial score (nSPS) is 13.5. The Kier molecular flexibility index (Phi) is 11.6. The lowest BCUT2D eigenvalue weighted by atomic mass is 10.00. The van der Waals surface area contributed by atoms with Crippen LogP contribution in [0.1, 0.15) is 54.5 Å². The number of thioether (sulfide) groups is 1. The Balaban J connectivity index is 0.000000673. The fourth-order valence-corrected chi connectivity index (χ4v) is 4.72. The molecular formula is C26H29F3N6O3S. The highest BCUT2D eigenvalue weighted by Crippen LogP contribution is 2.34. The van der Waals surface area contributed by atoms with E-state index in [1.165, 1.54) is 18.7 Å². The predicted molar refractivity (Wildman–Crippen MR) is 140 cm³/mol. The molecule has 1 aliphatic heterocycles. The SMILES string of the molecule is CCc1c(C#N)c(SCc2ccc(CNC(C)=O)cc2)nc(N2CCC(N)CC2)c1C#N.O=C(O)C(F)(F)F. The summed E-state index contributed by atoms with van der Waals surface area (Å²) in [6, 6.07) is 12.8. The topological polar surface area (TPSA) is 156 Å². The van der Waals surface area contributed by atoms with E-state index in [1.54, 1.807) is 0 Å². The maximum Gasteiger partial charge on any atom is 0.490 e. The molecule has 0 atom stereocenters. The third kappa shape index (κ3) is 9.16. The van der Waals surface area contributed by atoms with Crippen molar-refractivity contribution in [2.45, 2.75) is 62.7 Å². The molecule has 13 heteroatoms. The number of carboxylic acids is 1. The first-order chi connectivity index (χ1) is 18.4. The van der Waals surface area contributed by atoms with Crippen molar-refractivity contribution in [1.82, 2.24) is 10.3 Å². The molecule has 1 saturated heterocycles. The molecule has 1 aliphatic rings. The van der Waals surface area contributed by atoms with Gasteiger partial charge in [0.15, 0.2) is 0 Å². The number of hydrogen-bond acceptors (Lipinski definition) is 8. The molecule has 208 valence electrons. The molecule has 1 amide bonds. The van der Waals surface area contributed by atoms with Crippen molar-refractivity contribution in [3.05, 3.63) is 52.1 Å². The van der Waals surface area contributed by atoms with E-state index in [9.17, 15) is 28.5 Å². The van der Waals surface area contributed by atoms with Gasteiger partial charge in [-0.15, -0.1) is 11.8 Å². The van der Waals surface area contributed by atoms with Gasteiger partial charge >= 0.3 is 12.1 Å². The summed E-state index contributed by atoms with van der Waals surface area (Å²) in [4.78, 5) is 26.9. The van der Waals surface area contributed by atoms with Gasteiger partial charge in [0.1, 0.15) is 23.0 Å². The number of piperidine rings is 1. The van der Waals surface area contributed by atoms with Crippen LogP contribution in [-0.4, -0.2) is 47.3 Å². The van der Waals surface area contributed by atoms with E-state index in [0.717, 1.165) is 42.6 Å². The molecule has 0 bridgehead atoms. The fourth-order valence-electron chi connectivity index (χ4n) is 3.76. The zero-order chi connectivity index (χ0) is 29.2. The lowest BCUT2D eigenvalue weighted by Crippen LogP contribution is -2.40. The number of pyridine rings is 1. The highest BCUT2D eigenvalue weighted by atomic mass is 32.2. The first-order valence-corrected chi connectivity index (χ1v) is 13.0. The van der Waals surface area contributed by atoms with Gasteiger partial charge in [0.05, 0.1) is 11.1 Å². The van der Waals surface area contributed by atoms with Gasteiger partial charge in [-0.2, -0.15) is 23.7 Å². The van der Waals surface area contributed by atoms with Crippen LogP contribution in [0.2, 0.25) is 0 Å². The minimum atomic E-state index is -5.08. The van der Waals surface area contributed by atoms with Crippen LogP contribution in [0.4, 0.5) is 19.0 Å². The number of rotatable bonds is 7. The Morgan fingerprint density at radius 1 is 1.15 bits per heavy atom. The lowest BCUT2D eigenvalue weighted by molar-refractivity contribution is -0.192. The second-order valence-electron chi connectivity index (χ2n) is 8.69. The molecule has 0 saturated carbocycles. The zero-order valence-electron chi connectivity index (χ0n) is 21.5. The third-order valence-electron chi connectivity index (χ3n) is 5.85. The molecule has 9 nitrogen and oxygen atoms in total. The number of alkyl halides is 3. The van der Waals surface area contributed by atoms with Crippen LogP contribution >= 0.6 is 11.8 Å². The van der Waals surface area contributed by atoms with E-state index in [4.69, 9.17) is 20.6 Å². The van der Waals surface area contributed by atoms with Crippen molar-refractivity contribution < 1.29 is 27.9 Å². The van der Waals surface area contributed by atoms with E-state index in [1.807, 2.05) is 31.2 Å². The first kappa shape index (κ1) is 31.4. The van der Waals surface area contributed by atoms with Crippen LogP contribution in [0.5, 0.6) is 0 Å². The quantitative estimate of drug-likeness (QED) is 0.426. The molecule has 1 aromatic heterocycles. The molecule has 0 radical (unpaired) electrons. The Morgan fingerprint density at radius 3 is 2.15 bits per heavy atom. The molecule has 0 spiro atoms. The fraction of sp³-hybridized carbons (Fsp3) is 0.423. The maximum absolute atomic E-state index is 11.1. The zero-order valence-corrected chi connectivity index (χ0v) is 22.3. The number of nitrogens with zero attached hydrogens (tertiary/aromatic N) is 4. The molecule has 39 heavy (non-hydrogen) atoms. The average Bonchev–Trinajstić information content (AvgIpc) is 2.90. The number of hydrogen-bond donors (Lipinski definition) is 3. The average molecular weight is 563 g/mol. The highest BCUT2D eigenvalue weighted by Gasteiger charge is 2.38. The van der Waals surface area contributed by atoms with Crippen LogP contribution < -0.4 is 16.0 Å². The molecule has 4 N–H and O–H groups in total. The number of aromatic nitrogens is 1. The maximum atomic E-state index is 11.1. The number of carboxylic acid groups (broad SMARTS) is 1. The van der Waals surface area contributed by atoms with Crippen LogP contribution in [0.25, 0.3) is 0 Å².